The van der Waals surface area contributed by atoms with Crippen molar-refractivity contribution in [3.05, 3.63) is 23.2 Å². The normalized spacial score (nSPS) is 39.0. The Balaban J connectivity index is 0.000000717. The Morgan fingerprint density at radius 1 is 1.02 bits per heavy atom. The molecule has 0 aromatic carbocycles. The minimum atomic E-state index is -0.302. The zero-order valence-corrected chi connectivity index (χ0v) is 32.9. The fraction of sp³-hybridized carbons (Fsp3) is 0.833. The van der Waals surface area contributed by atoms with Gasteiger partial charge in [-0.15, -0.1) is 0 Å². The van der Waals surface area contributed by atoms with Crippen molar-refractivity contribution in [2.45, 2.75) is 153 Å². The maximum absolute atomic E-state index is 12.7. The molecule has 9 atom stereocenters. The van der Waals surface area contributed by atoms with Gasteiger partial charge in [0.05, 0.1) is 13.3 Å². The predicted molar refractivity (Wildman–Crippen MR) is 205 cm³/mol. The Bertz CT molecular complexity index is 1290. The van der Waals surface area contributed by atoms with Gasteiger partial charge in [0.2, 0.25) is 0 Å². The molecule has 0 amide bonds. The highest BCUT2D eigenvalue weighted by Gasteiger charge is 2.71. The van der Waals surface area contributed by atoms with Crippen LogP contribution in [0.25, 0.3) is 0 Å². The van der Waals surface area contributed by atoms with E-state index in [-0.39, 0.29) is 40.6 Å². The zero-order valence-electron chi connectivity index (χ0n) is 32.1. The summed E-state index contributed by atoms with van der Waals surface area (Å²) in [7, 11) is 1.43. The number of aromatic nitrogens is 1. The first kappa shape index (κ1) is 40.7. The molecule has 2 heterocycles. The van der Waals surface area contributed by atoms with Crippen molar-refractivity contribution in [3.63, 3.8) is 0 Å². The number of carbonyl (C=O) groups is 2. The van der Waals surface area contributed by atoms with Gasteiger partial charge in [-0.3, -0.25) is 0 Å². The molecular formula is C42H72N2O3S. The first-order valence-corrected chi connectivity index (χ1v) is 19.8. The highest BCUT2D eigenvalue weighted by atomic mass is 32.1. The number of aldehydes is 1. The number of nitrogens with zero attached hydrogens (tertiary/aromatic N) is 2. The number of rotatable bonds is 5. The van der Waals surface area contributed by atoms with Crippen LogP contribution in [0.3, 0.4) is 0 Å². The summed E-state index contributed by atoms with van der Waals surface area (Å²) in [5.41, 5.74) is 1.91. The number of hydrogen-bond acceptors (Lipinski definition) is 6. The van der Waals surface area contributed by atoms with Gasteiger partial charge in [0.25, 0.3) is 0 Å². The summed E-state index contributed by atoms with van der Waals surface area (Å²) in [6.07, 6.45) is 15.0. The van der Waals surface area contributed by atoms with Crippen LogP contribution in [0.2, 0.25) is 0 Å². The third-order valence-electron chi connectivity index (χ3n) is 15.0. The van der Waals surface area contributed by atoms with Crippen molar-refractivity contribution in [1.82, 2.24) is 4.98 Å². The summed E-state index contributed by atoms with van der Waals surface area (Å²) in [6.45, 7) is 31.0. The van der Waals surface area contributed by atoms with Gasteiger partial charge in [-0.05, 0) is 130 Å². The third-order valence-corrected chi connectivity index (χ3v) is 16.0. The van der Waals surface area contributed by atoms with Crippen molar-refractivity contribution >= 4 is 28.7 Å². The molecule has 0 spiro atoms. The van der Waals surface area contributed by atoms with Crippen molar-refractivity contribution < 1.29 is 14.3 Å². The van der Waals surface area contributed by atoms with Crippen LogP contribution in [0, 0.1) is 57.2 Å². The van der Waals surface area contributed by atoms with Crippen LogP contribution in [-0.2, 0) is 9.53 Å². The molecule has 0 unspecified atom stereocenters. The molecule has 1 aromatic rings. The number of ether oxygens (including phenoxy) is 1. The fourth-order valence-electron chi connectivity index (χ4n) is 12.0. The molecule has 5 aliphatic rings. The molecule has 274 valence electrons. The van der Waals surface area contributed by atoms with Crippen molar-refractivity contribution in [2.75, 3.05) is 18.6 Å². The quantitative estimate of drug-likeness (QED) is 0.175. The second-order valence-electron chi connectivity index (χ2n) is 17.4. The Labute approximate surface area is 299 Å². The lowest BCUT2D eigenvalue weighted by Crippen LogP contribution is -2.69. The average molecular weight is 685 g/mol. The van der Waals surface area contributed by atoms with Gasteiger partial charge in [0, 0.05) is 17.5 Å². The summed E-state index contributed by atoms with van der Waals surface area (Å²) in [4.78, 5) is 32.6. The molecule has 0 N–H and O–H groups in total. The van der Waals surface area contributed by atoms with Crippen molar-refractivity contribution in [1.29, 1.82) is 0 Å². The lowest BCUT2D eigenvalue weighted by atomic mass is 9.33. The molecule has 1 aliphatic heterocycles. The van der Waals surface area contributed by atoms with E-state index >= 15 is 0 Å². The monoisotopic (exact) mass is 685 g/mol. The molecule has 1 saturated heterocycles. The SMILES string of the molecule is C.C=C(C)[C@@H]1CC[C@]2(C=O)CC[C@]3(C)[C@H](CC[C@@H]4[C@@]5(C)CCN(c6ncc(C(=O)OC)s6)C(C)(C)[C@@H]5CC[C@]43C)[C@@H]12.CC.CCC(C)C. The summed E-state index contributed by atoms with van der Waals surface area (Å²) in [5, 5.41) is 0.945. The van der Waals surface area contributed by atoms with E-state index in [1.807, 2.05) is 13.8 Å². The smallest absolute Gasteiger partial charge is 0.349 e. The number of hydrogen-bond donors (Lipinski definition) is 0. The number of anilines is 1. The highest BCUT2D eigenvalue weighted by Crippen LogP contribution is 2.76. The number of fused-ring (bicyclic) bond motifs is 7. The number of allylic oxidation sites excluding steroid dienone is 1. The lowest BCUT2D eigenvalue weighted by molar-refractivity contribution is -0.225. The van der Waals surface area contributed by atoms with E-state index in [1.54, 1.807) is 6.20 Å². The van der Waals surface area contributed by atoms with Crippen LogP contribution in [-0.4, -0.2) is 36.4 Å². The van der Waals surface area contributed by atoms with Gasteiger partial charge in [-0.2, -0.15) is 0 Å². The fourth-order valence-corrected chi connectivity index (χ4v) is 13.0. The van der Waals surface area contributed by atoms with Crippen molar-refractivity contribution in [2.24, 2.45) is 57.2 Å². The number of esters is 1. The number of piperidine rings is 1. The van der Waals surface area contributed by atoms with Gasteiger partial charge in [0.1, 0.15) is 11.2 Å². The van der Waals surface area contributed by atoms with Gasteiger partial charge >= 0.3 is 5.97 Å². The molecule has 1 aromatic heterocycles. The average Bonchev–Trinajstić information content (AvgIpc) is 3.68. The van der Waals surface area contributed by atoms with Crippen LogP contribution >= 0.6 is 11.3 Å². The molecule has 0 bridgehead atoms. The number of thiazole rings is 1. The van der Waals surface area contributed by atoms with Gasteiger partial charge in [0.15, 0.2) is 5.13 Å². The zero-order chi connectivity index (χ0) is 35.2. The van der Waals surface area contributed by atoms with Crippen LogP contribution < -0.4 is 4.90 Å². The third kappa shape index (κ3) is 6.25. The minimum absolute atomic E-state index is 0. The predicted octanol–water partition coefficient (Wildman–Crippen LogP) is 11.7. The van der Waals surface area contributed by atoms with E-state index in [1.165, 1.54) is 68.8 Å². The molecule has 6 rings (SSSR count). The molecular weight excluding hydrogens is 613 g/mol. The first-order chi connectivity index (χ1) is 22.1. The molecule has 5 fully saturated rings. The summed E-state index contributed by atoms with van der Waals surface area (Å²) in [5.74, 6) is 3.40. The van der Waals surface area contributed by atoms with E-state index < -0.39 is 0 Å². The Morgan fingerprint density at radius 3 is 2.23 bits per heavy atom. The first-order valence-electron chi connectivity index (χ1n) is 19.0. The Morgan fingerprint density at radius 2 is 1.67 bits per heavy atom. The van der Waals surface area contributed by atoms with Crippen molar-refractivity contribution in [3.8, 4) is 0 Å². The highest BCUT2D eigenvalue weighted by molar-refractivity contribution is 7.17. The maximum atomic E-state index is 12.7. The molecule has 48 heavy (non-hydrogen) atoms. The molecule has 6 heteroatoms. The minimum Gasteiger partial charge on any atom is -0.465 e. The Kier molecular flexibility index (Phi) is 12.6. The van der Waals surface area contributed by atoms with E-state index in [4.69, 9.17) is 9.72 Å². The van der Waals surface area contributed by atoms with E-state index in [9.17, 15) is 9.59 Å². The summed E-state index contributed by atoms with van der Waals surface area (Å²) >= 11 is 1.47. The van der Waals surface area contributed by atoms with E-state index in [2.05, 4.69) is 73.8 Å². The van der Waals surface area contributed by atoms with Crippen LogP contribution in [0.5, 0.6) is 0 Å². The topological polar surface area (TPSA) is 59.5 Å². The summed E-state index contributed by atoms with van der Waals surface area (Å²) < 4.78 is 4.96. The van der Waals surface area contributed by atoms with E-state index in [0.717, 1.165) is 43.3 Å². The van der Waals surface area contributed by atoms with Gasteiger partial charge in [-0.1, -0.05) is 92.7 Å². The lowest BCUT2D eigenvalue weighted by Gasteiger charge is -2.73. The maximum Gasteiger partial charge on any atom is 0.349 e. The molecule has 5 nitrogen and oxygen atoms in total. The second kappa shape index (κ2) is 14.9. The van der Waals surface area contributed by atoms with Gasteiger partial charge < -0.3 is 14.4 Å². The number of methoxy groups -OCH3 is 1. The Hall–Kier alpha value is -1.69. The molecule has 4 aliphatic carbocycles. The molecule has 0 radical (unpaired) electrons. The standard InChI is InChI=1S/C34H50N2O3S.C5H12.C2H6.CH4/c1-21(2)22-11-14-34(20-37)16-15-32(6)23(27(22)34)9-10-26-31(5)17-18-36(29-35-19-24(40-29)28(38)39-8)30(3,4)25(31)12-13-33(26,32)7;1-4-5(2)3;1-2;/h19-20,22-23,25-27H,1,9-18H2,2-8H3;5H,4H2,1-3H3;1-2H3;1H4/t22-,23+,25-,26+,27+,31-,32+,33+,34+;;;/m0.../s1. The van der Waals surface area contributed by atoms with Gasteiger partial charge in [-0.25, -0.2) is 9.78 Å². The van der Waals surface area contributed by atoms with Crippen LogP contribution in [0.15, 0.2) is 18.3 Å². The number of carbonyl (C=O) groups excluding carboxylic acids is 2. The van der Waals surface area contributed by atoms with E-state index in [0.29, 0.717) is 34.5 Å². The second-order valence-corrected chi connectivity index (χ2v) is 18.4. The molecule has 4 saturated carbocycles. The van der Waals surface area contributed by atoms with Crippen LogP contribution in [0.1, 0.15) is 157 Å². The largest absolute Gasteiger partial charge is 0.465 e. The van der Waals surface area contributed by atoms with Crippen LogP contribution in [0.4, 0.5) is 5.13 Å². The summed E-state index contributed by atoms with van der Waals surface area (Å²) in [6, 6.07) is 0.